The van der Waals surface area contributed by atoms with Gasteiger partial charge in [-0.05, 0) is 55.9 Å². The molecule has 0 aliphatic heterocycles. The fourth-order valence-corrected chi connectivity index (χ4v) is 4.31. The molecule has 1 aliphatic rings. The van der Waals surface area contributed by atoms with Gasteiger partial charge in [0.1, 0.15) is 16.9 Å². The van der Waals surface area contributed by atoms with Gasteiger partial charge in [0, 0.05) is 4.88 Å². The largest absolute Gasteiger partial charge is 0.437 e. The van der Waals surface area contributed by atoms with Crippen molar-refractivity contribution in [3.63, 3.8) is 0 Å². The summed E-state index contributed by atoms with van der Waals surface area (Å²) >= 11 is 8.02. The number of hydrogen-bond acceptors (Lipinski definition) is 4. The van der Waals surface area contributed by atoms with Crippen LogP contribution in [0.15, 0.2) is 24.5 Å². The third-order valence-corrected chi connectivity index (χ3v) is 5.52. The molecule has 0 unspecified atom stereocenters. The van der Waals surface area contributed by atoms with E-state index in [1.54, 1.807) is 17.7 Å². The average Bonchev–Trinajstić information content (AvgIpc) is 2.90. The van der Waals surface area contributed by atoms with Gasteiger partial charge in [0.25, 0.3) is 0 Å². The Hall–Kier alpha value is -1.65. The summed E-state index contributed by atoms with van der Waals surface area (Å²) < 4.78 is 6.05. The molecule has 5 heteroatoms. The Morgan fingerprint density at radius 1 is 1.18 bits per heavy atom. The molecular formula is C17H15ClN2OS. The molecule has 22 heavy (non-hydrogen) atoms. The Bertz CT molecular complexity index is 859. The van der Waals surface area contributed by atoms with Crippen LogP contribution in [0.5, 0.6) is 11.6 Å². The molecule has 0 saturated carbocycles. The van der Waals surface area contributed by atoms with Crippen LogP contribution in [0.2, 0.25) is 5.02 Å². The number of aromatic nitrogens is 2. The van der Waals surface area contributed by atoms with E-state index in [0.717, 1.165) is 28.6 Å². The first-order valence-corrected chi connectivity index (χ1v) is 8.61. The van der Waals surface area contributed by atoms with Crippen molar-refractivity contribution in [3.8, 4) is 11.6 Å². The Kier molecular flexibility index (Phi) is 3.51. The standard InChI is InChI=1S/C17H15ClN2OS/c1-10-6-7-12(18)13(8-10)21-16-15-11-4-2-3-5-14(11)22-17(15)20-9-19-16/h6-9H,2-5H2,1H3. The lowest BCUT2D eigenvalue weighted by Crippen LogP contribution is -1.99. The summed E-state index contributed by atoms with van der Waals surface area (Å²) in [6.45, 7) is 2.02. The monoisotopic (exact) mass is 330 g/mol. The van der Waals surface area contributed by atoms with Crippen LogP contribution < -0.4 is 4.74 Å². The normalized spacial score (nSPS) is 14.1. The van der Waals surface area contributed by atoms with E-state index in [9.17, 15) is 0 Å². The molecule has 3 aromatic rings. The van der Waals surface area contributed by atoms with Crippen LogP contribution >= 0.6 is 22.9 Å². The zero-order valence-electron chi connectivity index (χ0n) is 12.2. The third-order valence-electron chi connectivity index (χ3n) is 4.01. The zero-order valence-corrected chi connectivity index (χ0v) is 13.8. The predicted molar refractivity (Wildman–Crippen MR) is 90.3 cm³/mol. The number of halogens is 1. The zero-order chi connectivity index (χ0) is 15.1. The number of rotatable bonds is 2. The van der Waals surface area contributed by atoms with Gasteiger partial charge in [-0.15, -0.1) is 11.3 Å². The Labute approximate surface area is 137 Å². The summed E-state index contributed by atoms with van der Waals surface area (Å²) in [4.78, 5) is 11.2. The lowest BCUT2D eigenvalue weighted by Gasteiger charge is -2.12. The molecule has 3 nitrogen and oxygen atoms in total. The molecule has 0 N–H and O–H groups in total. The van der Waals surface area contributed by atoms with Crippen molar-refractivity contribution < 1.29 is 4.74 Å². The van der Waals surface area contributed by atoms with E-state index < -0.39 is 0 Å². The molecule has 0 bridgehead atoms. The molecule has 1 aromatic carbocycles. The fraction of sp³-hybridized carbons (Fsp3) is 0.294. The number of nitrogens with zero attached hydrogens (tertiary/aromatic N) is 2. The number of hydrogen-bond donors (Lipinski definition) is 0. The van der Waals surface area contributed by atoms with Crippen LogP contribution in [0.4, 0.5) is 0 Å². The molecule has 0 saturated heterocycles. The van der Waals surface area contributed by atoms with Gasteiger partial charge in [-0.3, -0.25) is 0 Å². The minimum atomic E-state index is 0.599. The summed E-state index contributed by atoms with van der Waals surface area (Å²) in [5.41, 5.74) is 2.47. The van der Waals surface area contributed by atoms with Gasteiger partial charge >= 0.3 is 0 Å². The molecule has 0 amide bonds. The predicted octanol–water partition coefficient (Wildman–Crippen LogP) is 5.32. The summed E-state index contributed by atoms with van der Waals surface area (Å²) in [5, 5.41) is 1.67. The molecule has 0 spiro atoms. The topological polar surface area (TPSA) is 35.0 Å². The van der Waals surface area contributed by atoms with Crippen molar-refractivity contribution in [1.82, 2.24) is 9.97 Å². The first-order valence-electron chi connectivity index (χ1n) is 7.41. The molecule has 1 aliphatic carbocycles. The number of fused-ring (bicyclic) bond motifs is 3. The van der Waals surface area contributed by atoms with E-state index in [2.05, 4.69) is 9.97 Å². The van der Waals surface area contributed by atoms with Crippen LogP contribution in [0.1, 0.15) is 28.8 Å². The molecule has 0 radical (unpaired) electrons. The highest BCUT2D eigenvalue weighted by Gasteiger charge is 2.21. The minimum Gasteiger partial charge on any atom is -0.437 e. The van der Waals surface area contributed by atoms with Crippen molar-refractivity contribution >= 4 is 33.2 Å². The summed E-state index contributed by atoms with van der Waals surface area (Å²) in [5.74, 6) is 1.27. The highest BCUT2D eigenvalue weighted by Crippen LogP contribution is 2.41. The average molecular weight is 331 g/mol. The van der Waals surface area contributed by atoms with Crippen molar-refractivity contribution in [3.05, 3.63) is 45.6 Å². The van der Waals surface area contributed by atoms with Gasteiger partial charge in [0.15, 0.2) is 0 Å². The van der Waals surface area contributed by atoms with E-state index in [1.807, 2.05) is 25.1 Å². The molecule has 112 valence electrons. The number of thiophene rings is 1. The van der Waals surface area contributed by atoms with Crippen molar-refractivity contribution in [2.45, 2.75) is 32.6 Å². The number of aryl methyl sites for hydroxylation is 3. The SMILES string of the molecule is Cc1ccc(Cl)c(Oc2ncnc3sc4c(c23)CCCC4)c1. The van der Waals surface area contributed by atoms with E-state index >= 15 is 0 Å². The van der Waals surface area contributed by atoms with Crippen LogP contribution in [0.3, 0.4) is 0 Å². The van der Waals surface area contributed by atoms with Gasteiger partial charge < -0.3 is 4.74 Å². The Morgan fingerprint density at radius 3 is 2.95 bits per heavy atom. The van der Waals surface area contributed by atoms with E-state index in [0.29, 0.717) is 16.7 Å². The smallest absolute Gasteiger partial charge is 0.231 e. The van der Waals surface area contributed by atoms with Crippen LogP contribution in [0.25, 0.3) is 10.2 Å². The first-order chi connectivity index (χ1) is 10.7. The highest BCUT2D eigenvalue weighted by atomic mass is 35.5. The second-order valence-corrected chi connectivity index (χ2v) is 7.10. The van der Waals surface area contributed by atoms with Crippen LogP contribution in [-0.2, 0) is 12.8 Å². The minimum absolute atomic E-state index is 0.599. The Morgan fingerprint density at radius 2 is 2.05 bits per heavy atom. The lowest BCUT2D eigenvalue weighted by atomic mass is 9.97. The van der Waals surface area contributed by atoms with Crippen molar-refractivity contribution in [2.75, 3.05) is 0 Å². The summed E-state index contributed by atoms with van der Waals surface area (Å²) in [6.07, 6.45) is 6.27. The second kappa shape index (κ2) is 5.52. The fourth-order valence-electron chi connectivity index (χ4n) is 2.93. The molecule has 2 heterocycles. The molecule has 2 aromatic heterocycles. The van der Waals surface area contributed by atoms with E-state index in [-0.39, 0.29) is 0 Å². The number of ether oxygens (including phenoxy) is 1. The maximum absolute atomic E-state index is 6.25. The molecule has 0 atom stereocenters. The van der Waals surface area contributed by atoms with Crippen LogP contribution in [-0.4, -0.2) is 9.97 Å². The molecule has 0 fully saturated rings. The second-order valence-electron chi connectivity index (χ2n) is 5.61. The van der Waals surface area contributed by atoms with Crippen molar-refractivity contribution in [1.29, 1.82) is 0 Å². The lowest BCUT2D eigenvalue weighted by molar-refractivity contribution is 0.467. The maximum Gasteiger partial charge on any atom is 0.231 e. The third kappa shape index (κ3) is 2.36. The summed E-state index contributed by atoms with van der Waals surface area (Å²) in [6, 6.07) is 5.76. The first kappa shape index (κ1) is 14.0. The van der Waals surface area contributed by atoms with Crippen molar-refractivity contribution in [2.24, 2.45) is 0 Å². The van der Waals surface area contributed by atoms with Gasteiger partial charge in [-0.2, -0.15) is 0 Å². The number of benzene rings is 1. The van der Waals surface area contributed by atoms with Crippen LogP contribution in [0, 0.1) is 6.92 Å². The van der Waals surface area contributed by atoms with Gasteiger partial charge in [-0.25, -0.2) is 9.97 Å². The maximum atomic E-state index is 6.25. The summed E-state index contributed by atoms with van der Waals surface area (Å²) in [7, 11) is 0. The van der Waals surface area contributed by atoms with Gasteiger partial charge in [-0.1, -0.05) is 17.7 Å². The molecule has 4 rings (SSSR count). The highest BCUT2D eigenvalue weighted by molar-refractivity contribution is 7.18. The Balaban J connectivity index is 1.84. The van der Waals surface area contributed by atoms with E-state index in [1.165, 1.54) is 23.3 Å². The van der Waals surface area contributed by atoms with Gasteiger partial charge in [0.05, 0.1) is 10.4 Å². The quantitative estimate of drug-likeness (QED) is 0.637. The molecular weight excluding hydrogens is 316 g/mol. The van der Waals surface area contributed by atoms with E-state index in [4.69, 9.17) is 16.3 Å². The van der Waals surface area contributed by atoms with Gasteiger partial charge in [0.2, 0.25) is 5.88 Å².